The lowest BCUT2D eigenvalue weighted by Gasteiger charge is -2.40. The molecule has 0 aromatic rings. The van der Waals surface area contributed by atoms with Crippen molar-refractivity contribution in [2.75, 3.05) is 0 Å². The predicted octanol–water partition coefficient (Wildman–Crippen LogP) is 0.787. The van der Waals surface area contributed by atoms with E-state index < -0.39 is 24.0 Å². The largest absolute Gasteiger partial charge is 0.480 e. The Hall–Kier alpha value is -1.10. The molecule has 2 atom stereocenters. The van der Waals surface area contributed by atoms with Crippen LogP contribution in [0.4, 0.5) is 0 Å². The van der Waals surface area contributed by atoms with Crippen LogP contribution in [0.1, 0.15) is 33.1 Å². The van der Waals surface area contributed by atoms with Gasteiger partial charge in [0.1, 0.15) is 12.1 Å². The minimum Gasteiger partial charge on any atom is -0.480 e. The highest BCUT2D eigenvalue weighted by Crippen LogP contribution is 2.25. The summed E-state index contributed by atoms with van der Waals surface area (Å²) in [5.74, 6) is -1.84. The Kier molecular flexibility index (Phi) is 3.68. The number of rotatable bonds is 3. The molecule has 0 unspecified atom stereocenters. The lowest BCUT2D eigenvalue weighted by atomic mass is 9.94. The van der Waals surface area contributed by atoms with Gasteiger partial charge in [0.15, 0.2) is 0 Å². The molecule has 0 spiro atoms. The maximum absolute atomic E-state index is 11.0. The fourth-order valence-electron chi connectivity index (χ4n) is 2.24. The number of carboxylic acid groups (broad SMARTS) is 2. The molecule has 15 heavy (non-hydrogen) atoms. The average Bonchev–Trinajstić information content (AvgIpc) is 2.16. The SMILES string of the molecule is CC(C)N1[C@H](C(=O)O)CCC[C@H]1C(=O)O. The normalized spacial score (nSPS) is 27.9. The first-order chi connectivity index (χ1) is 6.95. The second kappa shape index (κ2) is 4.61. The third-order valence-corrected chi connectivity index (χ3v) is 2.84. The molecule has 0 aromatic carbocycles. The van der Waals surface area contributed by atoms with Crippen LogP contribution in [0.15, 0.2) is 0 Å². The predicted molar refractivity (Wildman–Crippen MR) is 53.7 cm³/mol. The van der Waals surface area contributed by atoms with Crippen molar-refractivity contribution in [3.8, 4) is 0 Å². The summed E-state index contributed by atoms with van der Waals surface area (Å²) < 4.78 is 0. The summed E-state index contributed by atoms with van der Waals surface area (Å²) in [6, 6.07) is -1.37. The molecule has 0 radical (unpaired) electrons. The summed E-state index contributed by atoms with van der Waals surface area (Å²) in [5, 5.41) is 18.0. The lowest BCUT2D eigenvalue weighted by Crippen LogP contribution is -2.56. The molecule has 0 saturated carbocycles. The van der Waals surface area contributed by atoms with Crippen LogP contribution in [0.25, 0.3) is 0 Å². The van der Waals surface area contributed by atoms with Crippen molar-refractivity contribution >= 4 is 11.9 Å². The fraction of sp³-hybridized carbons (Fsp3) is 0.800. The summed E-state index contributed by atoms with van der Waals surface area (Å²) in [4.78, 5) is 23.6. The number of hydrogen-bond acceptors (Lipinski definition) is 3. The summed E-state index contributed by atoms with van der Waals surface area (Å²) >= 11 is 0. The Labute approximate surface area is 88.7 Å². The number of hydrogen-bond donors (Lipinski definition) is 2. The quantitative estimate of drug-likeness (QED) is 0.727. The van der Waals surface area contributed by atoms with E-state index in [9.17, 15) is 9.59 Å². The third kappa shape index (κ3) is 2.47. The minimum absolute atomic E-state index is 0.0625. The smallest absolute Gasteiger partial charge is 0.320 e. The highest BCUT2D eigenvalue weighted by molar-refractivity contribution is 5.78. The number of likely N-dealkylation sites (tertiary alicyclic amines) is 1. The van der Waals surface area contributed by atoms with Crippen molar-refractivity contribution in [3.05, 3.63) is 0 Å². The van der Waals surface area contributed by atoms with Crippen LogP contribution in [0, 0.1) is 0 Å². The molecule has 5 nitrogen and oxygen atoms in total. The van der Waals surface area contributed by atoms with Crippen molar-refractivity contribution in [2.24, 2.45) is 0 Å². The molecule has 86 valence electrons. The molecule has 1 saturated heterocycles. The molecule has 1 fully saturated rings. The van der Waals surface area contributed by atoms with Gasteiger partial charge in [0, 0.05) is 6.04 Å². The van der Waals surface area contributed by atoms with Crippen molar-refractivity contribution in [3.63, 3.8) is 0 Å². The molecule has 2 N–H and O–H groups in total. The van der Waals surface area contributed by atoms with Gasteiger partial charge in [-0.1, -0.05) is 0 Å². The van der Waals surface area contributed by atoms with Gasteiger partial charge in [0.2, 0.25) is 0 Å². The van der Waals surface area contributed by atoms with Gasteiger partial charge in [-0.05, 0) is 33.1 Å². The zero-order valence-electron chi connectivity index (χ0n) is 9.01. The summed E-state index contributed by atoms with van der Waals surface area (Å²) in [7, 11) is 0. The van der Waals surface area contributed by atoms with Gasteiger partial charge in [-0.15, -0.1) is 0 Å². The third-order valence-electron chi connectivity index (χ3n) is 2.84. The maximum atomic E-state index is 11.0. The Morgan fingerprint density at radius 2 is 1.53 bits per heavy atom. The number of nitrogens with zero attached hydrogens (tertiary/aromatic N) is 1. The first-order valence-electron chi connectivity index (χ1n) is 5.18. The standard InChI is InChI=1S/C10H17NO4/c1-6(2)11-7(9(12)13)4-3-5-8(11)10(14)15/h6-8H,3-5H2,1-2H3,(H,12,13)(H,14,15)/t7-,8-/m0/s1. The van der Waals surface area contributed by atoms with Crippen molar-refractivity contribution < 1.29 is 19.8 Å². The first kappa shape index (κ1) is 12.0. The molecule has 1 aliphatic rings. The van der Waals surface area contributed by atoms with Crippen molar-refractivity contribution in [1.29, 1.82) is 0 Å². The summed E-state index contributed by atoms with van der Waals surface area (Å²) in [6.45, 7) is 3.66. The van der Waals surface area contributed by atoms with Crippen LogP contribution in [-0.4, -0.2) is 45.2 Å². The van der Waals surface area contributed by atoms with Crippen LogP contribution in [0.2, 0.25) is 0 Å². The highest BCUT2D eigenvalue weighted by Gasteiger charge is 2.39. The van der Waals surface area contributed by atoms with Gasteiger partial charge in [-0.3, -0.25) is 14.5 Å². The molecule has 0 aliphatic carbocycles. The van der Waals surface area contributed by atoms with Crippen molar-refractivity contribution in [1.82, 2.24) is 4.90 Å². The van der Waals surface area contributed by atoms with Gasteiger partial charge >= 0.3 is 11.9 Å². The summed E-state index contributed by atoms with van der Waals surface area (Å²) in [5.41, 5.74) is 0. The number of aliphatic carboxylic acids is 2. The van der Waals surface area contributed by atoms with Crippen LogP contribution in [-0.2, 0) is 9.59 Å². The molecule has 0 aromatic heterocycles. The fourth-order valence-corrected chi connectivity index (χ4v) is 2.24. The van der Waals surface area contributed by atoms with E-state index in [-0.39, 0.29) is 6.04 Å². The molecule has 5 heteroatoms. The monoisotopic (exact) mass is 215 g/mol. The van der Waals surface area contributed by atoms with Crippen LogP contribution in [0.5, 0.6) is 0 Å². The molecule has 1 rings (SSSR count). The minimum atomic E-state index is -0.922. The Morgan fingerprint density at radius 1 is 1.13 bits per heavy atom. The molecular weight excluding hydrogens is 198 g/mol. The van der Waals surface area contributed by atoms with Gasteiger partial charge in [0.25, 0.3) is 0 Å². The average molecular weight is 215 g/mol. The van der Waals surface area contributed by atoms with E-state index >= 15 is 0 Å². The molecule has 0 amide bonds. The second-order valence-corrected chi connectivity index (χ2v) is 4.18. The Balaban J connectivity index is 2.90. The number of carboxylic acids is 2. The van der Waals surface area contributed by atoms with E-state index in [1.54, 1.807) is 4.90 Å². The van der Waals surface area contributed by atoms with Gasteiger partial charge in [0.05, 0.1) is 0 Å². The topological polar surface area (TPSA) is 77.8 Å². The zero-order valence-corrected chi connectivity index (χ0v) is 9.01. The second-order valence-electron chi connectivity index (χ2n) is 4.18. The van der Waals surface area contributed by atoms with Crippen LogP contribution in [0.3, 0.4) is 0 Å². The highest BCUT2D eigenvalue weighted by atomic mass is 16.4. The zero-order chi connectivity index (χ0) is 11.6. The van der Waals surface area contributed by atoms with Crippen LogP contribution < -0.4 is 0 Å². The first-order valence-corrected chi connectivity index (χ1v) is 5.18. The van der Waals surface area contributed by atoms with Gasteiger partial charge < -0.3 is 10.2 Å². The number of carbonyl (C=O) groups is 2. The lowest BCUT2D eigenvalue weighted by molar-refractivity contribution is -0.155. The van der Waals surface area contributed by atoms with Gasteiger partial charge in [-0.2, -0.15) is 0 Å². The molecular formula is C10H17NO4. The molecule has 1 aliphatic heterocycles. The van der Waals surface area contributed by atoms with E-state index in [0.717, 1.165) is 0 Å². The van der Waals surface area contributed by atoms with E-state index in [2.05, 4.69) is 0 Å². The Bertz CT molecular complexity index is 242. The van der Waals surface area contributed by atoms with E-state index in [4.69, 9.17) is 10.2 Å². The van der Waals surface area contributed by atoms with E-state index in [1.165, 1.54) is 0 Å². The van der Waals surface area contributed by atoms with Gasteiger partial charge in [-0.25, -0.2) is 0 Å². The Morgan fingerprint density at radius 3 is 1.80 bits per heavy atom. The van der Waals surface area contributed by atoms with E-state index in [1.807, 2.05) is 13.8 Å². The maximum Gasteiger partial charge on any atom is 0.320 e. The summed E-state index contributed by atoms with van der Waals surface area (Å²) in [6.07, 6.45) is 1.74. The van der Waals surface area contributed by atoms with Crippen LogP contribution >= 0.6 is 0 Å². The molecule has 0 bridgehead atoms. The number of piperidine rings is 1. The van der Waals surface area contributed by atoms with Crippen molar-refractivity contribution in [2.45, 2.75) is 51.2 Å². The molecule has 1 heterocycles. The van der Waals surface area contributed by atoms with E-state index in [0.29, 0.717) is 19.3 Å².